The summed E-state index contributed by atoms with van der Waals surface area (Å²) in [6.45, 7) is 2.56. The zero-order valence-electron chi connectivity index (χ0n) is 24.7. The second kappa shape index (κ2) is 11.8. The highest BCUT2D eigenvalue weighted by molar-refractivity contribution is 6.37. The molecule has 1 aromatic carbocycles. The fourth-order valence-corrected chi connectivity index (χ4v) is 7.01. The number of nitrogens with one attached hydrogen (secondary N) is 2. The normalized spacial score (nSPS) is 25.0. The van der Waals surface area contributed by atoms with Crippen molar-refractivity contribution in [3.8, 4) is 5.75 Å². The van der Waals surface area contributed by atoms with E-state index in [2.05, 4.69) is 10.6 Å². The minimum absolute atomic E-state index is 0.0174. The Kier molecular flexibility index (Phi) is 8.85. The number of phenols is 1. The van der Waals surface area contributed by atoms with Gasteiger partial charge < -0.3 is 41.7 Å². The number of phenolic OH excluding ortho intramolecular Hbond substituents is 1. The fraction of sp³-hybridized carbons (Fsp3) is 0.517. The average Bonchev–Trinajstić information content (AvgIpc) is 2.90. The Morgan fingerprint density at radius 2 is 1.79 bits per heavy atom. The molecule has 13 nitrogen and oxygen atoms in total. The molecule has 234 valence electrons. The minimum atomic E-state index is -2.75. The molecule has 8 N–H and O–H groups in total. The number of primary amides is 1. The summed E-state index contributed by atoms with van der Waals surface area (Å²) in [6.07, 6.45) is 1.80. The monoisotopic (exact) mass is 619 g/mol. The molecular weight excluding hydrogens is 582 g/mol. The second-order valence-corrected chi connectivity index (χ2v) is 12.1. The minimum Gasteiger partial charge on any atom is -0.508 e. The van der Waals surface area contributed by atoms with Gasteiger partial charge in [0, 0.05) is 25.6 Å². The van der Waals surface area contributed by atoms with E-state index in [-0.39, 0.29) is 41.2 Å². The summed E-state index contributed by atoms with van der Waals surface area (Å²) in [5, 5.41) is 51.3. The third-order valence-electron chi connectivity index (χ3n) is 8.51. The van der Waals surface area contributed by atoms with Crippen LogP contribution < -0.4 is 21.3 Å². The molecule has 1 fully saturated rings. The van der Waals surface area contributed by atoms with Gasteiger partial charge >= 0.3 is 0 Å². The topological polar surface area (TPSA) is 206 Å². The molecule has 0 aliphatic heterocycles. The summed E-state index contributed by atoms with van der Waals surface area (Å²) in [5.74, 6) is -8.15. The Morgan fingerprint density at radius 1 is 1.14 bits per heavy atom. The molecule has 1 saturated carbocycles. The van der Waals surface area contributed by atoms with Crippen molar-refractivity contribution in [1.82, 2.24) is 10.2 Å². The quantitative estimate of drug-likeness (QED) is 0.118. The number of hydrogen-bond acceptors (Lipinski definition) is 11. The Balaban J connectivity index is 1.90. The number of unbranched alkanes of at least 4 members (excludes halogenated alkanes) is 1. The Hall–Kier alpha value is -3.65. The van der Waals surface area contributed by atoms with E-state index < -0.39 is 69.7 Å². The number of amides is 2. The lowest BCUT2D eigenvalue weighted by Crippen LogP contribution is -2.65. The molecule has 4 atom stereocenters. The summed E-state index contributed by atoms with van der Waals surface area (Å²) < 4.78 is 0. The van der Waals surface area contributed by atoms with Crippen LogP contribution in [0.15, 0.2) is 16.9 Å². The van der Waals surface area contributed by atoms with Crippen molar-refractivity contribution in [3.63, 3.8) is 0 Å². The van der Waals surface area contributed by atoms with E-state index in [9.17, 15) is 39.6 Å². The predicted molar refractivity (Wildman–Crippen MR) is 160 cm³/mol. The largest absolute Gasteiger partial charge is 0.508 e. The van der Waals surface area contributed by atoms with E-state index >= 15 is 0 Å². The number of benzene rings is 1. The average molecular weight is 620 g/mol. The van der Waals surface area contributed by atoms with Crippen LogP contribution >= 0.6 is 11.6 Å². The summed E-state index contributed by atoms with van der Waals surface area (Å²) in [7, 11) is 6.44. The van der Waals surface area contributed by atoms with E-state index in [0.717, 1.165) is 12.8 Å². The first-order valence-corrected chi connectivity index (χ1v) is 14.4. The standard InChI is InChI=1S/C29H38ClN5O8/c1-6-7-8-32-11-15(36)33-20-19(30)21(34(2)3)13-9-12-10-14-22(35(4)5)25(39)18(28(31)42)27(41)29(14,43)26(40)16(12)23(37)17(13)24(20)38/h12,14,22,32,37-38,41,43H,6-11H2,1-5H3,(H2,31,42)(H,33,36)/t12?,14?,22-,29?/m0/s1. The van der Waals surface area contributed by atoms with E-state index in [0.29, 0.717) is 17.8 Å². The second-order valence-electron chi connectivity index (χ2n) is 11.7. The van der Waals surface area contributed by atoms with Gasteiger partial charge in [0.15, 0.2) is 17.1 Å². The third kappa shape index (κ3) is 5.03. The molecule has 3 unspecified atom stereocenters. The molecule has 0 heterocycles. The van der Waals surface area contributed by atoms with Crippen LogP contribution in [0.5, 0.6) is 5.75 Å². The number of hydrogen-bond donors (Lipinski definition) is 7. The van der Waals surface area contributed by atoms with Crippen LogP contribution in [0, 0.1) is 11.8 Å². The number of fused-ring (bicyclic) bond motifs is 3. The summed E-state index contributed by atoms with van der Waals surface area (Å²) in [6, 6.07) is -1.19. The number of nitrogens with two attached hydrogens (primary N) is 1. The highest BCUT2D eigenvalue weighted by Crippen LogP contribution is 2.56. The Bertz CT molecular complexity index is 1470. The van der Waals surface area contributed by atoms with Crippen LogP contribution in [-0.2, 0) is 25.6 Å². The highest BCUT2D eigenvalue weighted by atomic mass is 35.5. The molecular formula is C29H38ClN5O8. The molecule has 43 heavy (non-hydrogen) atoms. The van der Waals surface area contributed by atoms with Gasteiger partial charge in [-0.05, 0) is 51.4 Å². The lowest BCUT2D eigenvalue weighted by molar-refractivity contribution is -0.153. The van der Waals surface area contributed by atoms with E-state index in [1.807, 2.05) is 6.92 Å². The summed E-state index contributed by atoms with van der Waals surface area (Å²) >= 11 is 6.73. The third-order valence-corrected chi connectivity index (χ3v) is 8.87. The molecule has 1 aromatic rings. The van der Waals surface area contributed by atoms with Gasteiger partial charge in [0.2, 0.25) is 11.7 Å². The summed E-state index contributed by atoms with van der Waals surface area (Å²) in [4.78, 5) is 55.3. The van der Waals surface area contributed by atoms with Crippen LogP contribution in [-0.4, -0.2) is 102 Å². The van der Waals surface area contributed by atoms with Crippen molar-refractivity contribution in [2.45, 2.75) is 44.2 Å². The van der Waals surface area contributed by atoms with Crippen molar-refractivity contribution >= 4 is 52.1 Å². The zero-order chi connectivity index (χ0) is 32.1. The Morgan fingerprint density at radius 3 is 2.35 bits per heavy atom. The highest BCUT2D eigenvalue weighted by Gasteiger charge is 2.64. The molecule has 14 heteroatoms. The van der Waals surface area contributed by atoms with Crippen LogP contribution in [0.3, 0.4) is 0 Å². The first kappa shape index (κ1) is 32.3. The smallest absolute Gasteiger partial charge is 0.255 e. The molecule has 4 rings (SSSR count). The van der Waals surface area contributed by atoms with Gasteiger partial charge in [0.25, 0.3) is 5.91 Å². The van der Waals surface area contributed by atoms with Crippen molar-refractivity contribution in [3.05, 3.63) is 33.1 Å². The number of ketones is 2. The summed E-state index contributed by atoms with van der Waals surface area (Å²) in [5.41, 5.74) is 1.86. The molecule has 0 radical (unpaired) electrons. The molecule has 0 aromatic heterocycles. The molecule has 0 saturated heterocycles. The van der Waals surface area contributed by atoms with Gasteiger partial charge in [-0.1, -0.05) is 24.9 Å². The molecule has 2 amide bonds. The fourth-order valence-electron chi connectivity index (χ4n) is 6.59. The number of carbonyl (C=O) groups is 4. The van der Waals surface area contributed by atoms with Gasteiger partial charge in [-0.2, -0.15) is 0 Å². The van der Waals surface area contributed by atoms with Crippen LogP contribution in [0.1, 0.15) is 37.3 Å². The van der Waals surface area contributed by atoms with Gasteiger partial charge in [0.05, 0.1) is 28.9 Å². The number of halogens is 1. The number of Topliss-reactive ketones (excluding diaryl/α,β-unsaturated/α-hetero) is 2. The first-order valence-electron chi connectivity index (χ1n) is 14.0. The van der Waals surface area contributed by atoms with Gasteiger partial charge in [-0.3, -0.25) is 24.1 Å². The van der Waals surface area contributed by atoms with E-state index in [1.54, 1.807) is 19.0 Å². The Labute approximate surface area is 254 Å². The maximum atomic E-state index is 14.1. The lowest BCUT2D eigenvalue weighted by atomic mass is 9.57. The van der Waals surface area contributed by atoms with Gasteiger partial charge in [0.1, 0.15) is 22.8 Å². The number of carbonyl (C=O) groups excluding carboxylic acids is 4. The zero-order valence-corrected chi connectivity index (χ0v) is 25.5. The maximum absolute atomic E-state index is 14.1. The van der Waals surface area contributed by atoms with Crippen molar-refractivity contribution in [2.24, 2.45) is 17.6 Å². The number of likely N-dealkylation sites (N-methyl/N-ethyl adjacent to an activating group) is 1. The van der Waals surface area contributed by atoms with Gasteiger partial charge in [-0.15, -0.1) is 0 Å². The molecule has 3 aliphatic rings. The lowest BCUT2D eigenvalue weighted by Gasteiger charge is -2.50. The SMILES string of the molecule is CCCCNCC(=O)Nc1c(O)c2c(c(N(C)C)c1Cl)CC1CC3[C@H](N(C)C)C(=O)C(C(N)=O)=C(O)C3(O)C(=O)C1=C2O. The van der Waals surface area contributed by atoms with Crippen molar-refractivity contribution < 1.29 is 39.6 Å². The number of aliphatic hydroxyl groups excluding tert-OH is 2. The van der Waals surface area contributed by atoms with E-state index in [4.69, 9.17) is 17.3 Å². The van der Waals surface area contributed by atoms with Gasteiger partial charge in [-0.25, -0.2) is 0 Å². The number of aromatic hydroxyl groups is 1. The van der Waals surface area contributed by atoms with E-state index in [1.165, 1.54) is 19.0 Å². The van der Waals surface area contributed by atoms with Crippen LogP contribution in [0.2, 0.25) is 5.02 Å². The number of anilines is 2. The molecule has 0 spiro atoms. The van der Waals surface area contributed by atoms with Crippen molar-refractivity contribution in [1.29, 1.82) is 0 Å². The molecule has 3 aliphatic carbocycles. The number of rotatable bonds is 9. The van der Waals surface area contributed by atoms with Crippen LogP contribution in [0.25, 0.3) is 5.76 Å². The first-order chi connectivity index (χ1) is 20.1. The van der Waals surface area contributed by atoms with Crippen molar-refractivity contribution in [2.75, 3.05) is 51.5 Å². The number of aliphatic hydroxyl groups is 3. The predicted octanol–water partition coefficient (Wildman–Crippen LogP) is 1.01. The number of nitrogens with zero attached hydrogens (tertiary/aromatic N) is 2. The molecule has 0 bridgehead atoms. The maximum Gasteiger partial charge on any atom is 0.255 e. The van der Waals surface area contributed by atoms with Crippen LogP contribution in [0.4, 0.5) is 11.4 Å².